The summed E-state index contributed by atoms with van der Waals surface area (Å²) in [5.41, 5.74) is 0.933. The van der Waals surface area contributed by atoms with Crippen molar-refractivity contribution >= 4 is 35.2 Å². The third-order valence-corrected chi connectivity index (χ3v) is 6.37. The highest BCUT2D eigenvalue weighted by Crippen LogP contribution is 2.23. The number of carbonyl (C=O) groups excluding carboxylic acids is 2. The molecule has 0 aromatic heterocycles. The van der Waals surface area contributed by atoms with Gasteiger partial charge < -0.3 is 15.0 Å². The fourth-order valence-corrected chi connectivity index (χ4v) is 4.29. The lowest BCUT2D eigenvalue weighted by atomic mass is 10.1. The number of methoxy groups -OCH3 is 1. The van der Waals surface area contributed by atoms with E-state index in [9.17, 15) is 9.59 Å². The number of ether oxygens (including phenoxy) is 1. The van der Waals surface area contributed by atoms with Crippen molar-refractivity contribution in [3.63, 3.8) is 0 Å². The van der Waals surface area contributed by atoms with Crippen LogP contribution >= 0.6 is 23.4 Å². The van der Waals surface area contributed by atoms with Crippen molar-refractivity contribution in [1.29, 1.82) is 0 Å². The molecule has 2 rings (SSSR count). The molecule has 174 valence electrons. The Bertz CT molecular complexity index is 861. The third kappa shape index (κ3) is 8.40. The van der Waals surface area contributed by atoms with Crippen molar-refractivity contribution < 1.29 is 14.3 Å². The van der Waals surface area contributed by atoms with Crippen LogP contribution < -0.4 is 10.1 Å². The Morgan fingerprint density at radius 3 is 2.56 bits per heavy atom. The first-order valence-corrected chi connectivity index (χ1v) is 12.4. The van der Waals surface area contributed by atoms with Crippen LogP contribution in [0.2, 0.25) is 5.02 Å². The van der Waals surface area contributed by atoms with Gasteiger partial charge in [0.25, 0.3) is 0 Å². The molecule has 0 spiro atoms. The fraction of sp³-hybridized carbons (Fsp3) is 0.440. The Labute approximate surface area is 200 Å². The zero-order chi connectivity index (χ0) is 23.3. The van der Waals surface area contributed by atoms with Crippen LogP contribution in [-0.4, -0.2) is 42.2 Å². The Morgan fingerprint density at radius 2 is 1.91 bits per heavy atom. The fourth-order valence-electron chi connectivity index (χ4n) is 3.32. The van der Waals surface area contributed by atoms with Crippen molar-refractivity contribution in [2.75, 3.05) is 19.4 Å². The smallest absolute Gasteiger partial charge is 0.242 e. The molecular formula is C25H33ClN2O3S. The zero-order valence-corrected chi connectivity index (χ0v) is 20.7. The standard InChI is InChI=1S/C25H33ClN2O3S/c1-4-6-15-27-25(30)23(5-2)28(18-19-8-7-9-21(17-19)31-3)24(29)14-16-32-22-12-10-20(26)11-13-22/h7-13,17,23H,4-6,14-16,18H2,1-3H3,(H,27,30)/t23-/m0/s1. The minimum atomic E-state index is -0.508. The van der Waals surface area contributed by atoms with E-state index in [-0.39, 0.29) is 11.8 Å². The maximum Gasteiger partial charge on any atom is 0.242 e. The molecule has 0 fully saturated rings. The number of benzene rings is 2. The molecule has 1 N–H and O–H groups in total. The Hall–Kier alpha value is -2.18. The molecule has 7 heteroatoms. The van der Waals surface area contributed by atoms with Gasteiger partial charge in [-0.1, -0.05) is 44.0 Å². The van der Waals surface area contributed by atoms with Gasteiger partial charge >= 0.3 is 0 Å². The van der Waals surface area contributed by atoms with E-state index in [1.165, 1.54) is 0 Å². The van der Waals surface area contributed by atoms with Crippen LogP contribution in [0.3, 0.4) is 0 Å². The lowest BCUT2D eigenvalue weighted by molar-refractivity contribution is -0.141. The molecule has 1 atom stereocenters. The second-order valence-electron chi connectivity index (χ2n) is 7.49. The summed E-state index contributed by atoms with van der Waals surface area (Å²) in [5, 5.41) is 3.68. The molecule has 32 heavy (non-hydrogen) atoms. The van der Waals surface area contributed by atoms with Gasteiger partial charge in [0.05, 0.1) is 7.11 Å². The van der Waals surface area contributed by atoms with Crippen molar-refractivity contribution in [2.45, 2.75) is 57.0 Å². The van der Waals surface area contributed by atoms with Gasteiger partial charge in [0.1, 0.15) is 11.8 Å². The molecule has 0 saturated heterocycles. The van der Waals surface area contributed by atoms with Crippen LogP contribution in [0.15, 0.2) is 53.4 Å². The van der Waals surface area contributed by atoms with Crippen LogP contribution in [0.5, 0.6) is 5.75 Å². The van der Waals surface area contributed by atoms with E-state index in [1.54, 1.807) is 23.8 Å². The van der Waals surface area contributed by atoms with Gasteiger partial charge in [0, 0.05) is 35.2 Å². The van der Waals surface area contributed by atoms with Gasteiger partial charge in [-0.15, -0.1) is 11.8 Å². The number of unbranched alkanes of at least 4 members (excludes halogenated alkanes) is 1. The second kappa shape index (κ2) is 14.1. The Morgan fingerprint density at radius 1 is 1.16 bits per heavy atom. The monoisotopic (exact) mass is 476 g/mol. The molecule has 0 aliphatic carbocycles. The highest BCUT2D eigenvalue weighted by Gasteiger charge is 2.28. The van der Waals surface area contributed by atoms with E-state index in [4.69, 9.17) is 16.3 Å². The first kappa shape index (κ1) is 26.1. The van der Waals surface area contributed by atoms with Crippen molar-refractivity contribution in [3.8, 4) is 5.75 Å². The van der Waals surface area contributed by atoms with Crippen LogP contribution in [0.1, 0.15) is 45.1 Å². The number of amides is 2. The molecule has 2 aromatic carbocycles. The molecule has 0 heterocycles. The zero-order valence-electron chi connectivity index (χ0n) is 19.1. The molecule has 0 bridgehead atoms. The van der Waals surface area contributed by atoms with Crippen LogP contribution in [0.4, 0.5) is 0 Å². The van der Waals surface area contributed by atoms with Gasteiger partial charge in [-0.2, -0.15) is 0 Å². The van der Waals surface area contributed by atoms with Gasteiger partial charge in [-0.25, -0.2) is 0 Å². The number of rotatable bonds is 13. The normalized spacial score (nSPS) is 11.6. The Balaban J connectivity index is 2.12. The molecule has 0 saturated carbocycles. The summed E-state index contributed by atoms with van der Waals surface area (Å²) in [6.07, 6.45) is 2.82. The highest BCUT2D eigenvalue weighted by molar-refractivity contribution is 7.99. The first-order valence-electron chi connectivity index (χ1n) is 11.1. The first-order chi connectivity index (χ1) is 15.5. The van der Waals surface area contributed by atoms with Crippen LogP contribution in [0, 0.1) is 0 Å². The number of nitrogens with one attached hydrogen (secondary N) is 1. The molecule has 2 amide bonds. The summed E-state index contributed by atoms with van der Waals surface area (Å²) in [6, 6.07) is 14.7. The number of hydrogen-bond acceptors (Lipinski definition) is 4. The average molecular weight is 477 g/mol. The third-order valence-electron chi connectivity index (χ3n) is 5.10. The summed E-state index contributed by atoms with van der Waals surface area (Å²) >= 11 is 7.55. The van der Waals surface area contributed by atoms with Crippen molar-refractivity contribution in [2.24, 2.45) is 0 Å². The lowest BCUT2D eigenvalue weighted by Crippen LogP contribution is -2.49. The predicted molar refractivity (Wildman–Crippen MR) is 132 cm³/mol. The molecule has 0 radical (unpaired) electrons. The quantitative estimate of drug-likeness (QED) is 0.304. The van der Waals surface area contributed by atoms with Gasteiger partial charge in [0.2, 0.25) is 11.8 Å². The summed E-state index contributed by atoms with van der Waals surface area (Å²) in [7, 11) is 1.62. The minimum absolute atomic E-state index is 0.0354. The summed E-state index contributed by atoms with van der Waals surface area (Å²) in [4.78, 5) is 28.9. The van der Waals surface area contributed by atoms with E-state index in [1.807, 2.05) is 55.5 Å². The van der Waals surface area contributed by atoms with Gasteiger partial charge in [-0.05, 0) is 54.8 Å². The van der Waals surface area contributed by atoms with Gasteiger partial charge in [0.15, 0.2) is 0 Å². The number of carbonyl (C=O) groups is 2. The molecule has 2 aromatic rings. The lowest BCUT2D eigenvalue weighted by Gasteiger charge is -2.31. The molecule has 0 unspecified atom stereocenters. The predicted octanol–water partition coefficient (Wildman–Crippen LogP) is 5.55. The average Bonchev–Trinajstić information content (AvgIpc) is 2.80. The van der Waals surface area contributed by atoms with Crippen LogP contribution in [0.25, 0.3) is 0 Å². The number of hydrogen-bond donors (Lipinski definition) is 1. The van der Waals surface area contributed by atoms with Gasteiger partial charge in [-0.3, -0.25) is 9.59 Å². The van der Waals surface area contributed by atoms with Crippen molar-refractivity contribution in [3.05, 3.63) is 59.1 Å². The molecule has 0 aliphatic heterocycles. The summed E-state index contributed by atoms with van der Waals surface area (Å²) < 4.78 is 5.32. The van der Waals surface area contributed by atoms with E-state index in [2.05, 4.69) is 12.2 Å². The minimum Gasteiger partial charge on any atom is -0.497 e. The topological polar surface area (TPSA) is 58.6 Å². The SMILES string of the molecule is CCCCNC(=O)[C@H](CC)N(Cc1cccc(OC)c1)C(=O)CCSc1ccc(Cl)cc1. The maximum absolute atomic E-state index is 13.3. The summed E-state index contributed by atoms with van der Waals surface area (Å²) in [6.45, 7) is 5.01. The summed E-state index contributed by atoms with van der Waals surface area (Å²) in [5.74, 6) is 1.23. The number of thioether (sulfide) groups is 1. The molecule has 0 aliphatic rings. The molecular weight excluding hydrogens is 444 g/mol. The highest BCUT2D eigenvalue weighted by atomic mass is 35.5. The van der Waals surface area contributed by atoms with E-state index < -0.39 is 6.04 Å². The molecule has 5 nitrogen and oxygen atoms in total. The van der Waals surface area contributed by atoms with E-state index in [0.717, 1.165) is 29.1 Å². The van der Waals surface area contributed by atoms with Crippen LogP contribution in [-0.2, 0) is 16.1 Å². The maximum atomic E-state index is 13.3. The number of halogens is 1. The van der Waals surface area contributed by atoms with Crippen molar-refractivity contribution in [1.82, 2.24) is 10.2 Å². The van der Waals surface area contributed by atoms with E-state index in [0.29, 0.717) is 36.7 Å². The largest absolute Gasteiger partial charge is 0.497 e. The van der Waals surface area contributed by atoms with E-state index >= 15 is 0 Å². The Kier molecular flexibility index (Phi) is 11.5. The number of nitrogens with zero attached hydrogens (tertiary/aromatic N) is 1. The second-order valence-corrected chi connectivity index (χ2v) is 9.10.